The van der Waals surface area contributed by atoms with Gasteiger partial charge in [-0.15, -0.1) is 0 Å². The van der Waals surface area contributed by atoms with Crippen LogP contribution >= 0.6 is 11.8 Å². The molecule has 0 fully saturated rings. The van der Waals surface area contributed by atoms with Crippen LogP contribution in [0.3, 0.4) is 0 Å². The maximum absolute atomic E-state index is 5.17. The molecular formula is C15H25NOS. The van der Waals surface area contributed by atoms with Crippen molar-refractivity contribution >= 4 is 11.8 Å². The third-order valence-corrected chi connectivity index (χ3v) is 4.00. The monoisotopic (exact) mass is 267 g/mol. The molecular weight excluding hydrogens is 242 g/mol. The Morgan fingerprint density at radius 3 is 2.50 bits per heavy atom. The second kappa shape index (κ2) is 9.29. The summed E-state index contributed by atoms with van der Waals surface area (Å²) in [6.07, 6.45) is 2.33. The predicted molar refractivity (Wildman–Crippen MR) is 81.8 cm³/mol. The lowest BCUT2D eigenvalue weighted by Crippen LogP contribution is -2.31. The molecule has 0 bridgehead atoms. The van der Waals surface area contributed by atoms with Crippen LogP contribution in [0.4, 0.5) is 0 Å². The molecule has 0 aliphatic heterocycles. The van der Waals surface area contributed by atoms with Crippen molar-refractivity contribution in [3.8, 4) is 5.75 Å². The molecule has 0 amide bonds. The highest BCUT2D eigenvalue weighted by Crippen LogP contribution is 2.14. The van der Waals surface area contributed by atoms with Crippen LogP contribution in [0.1, 0.15) is 25.8 Å². The number of methoxy groups -OCH3 is 1. The van der Waals surface area contributed by atoms with Gasteiger partial charge >= 0.3 is 0 Å². The van der Waals surface area contributed by atoms with E-state index in [1.807, 2.05) is 23.9 Å². The van der Waals surface area contributed by atoms with E-state index in [-0.39, 0.29) is 0 Å². The van der Waals surface area contributed by atoms with Crippen LogP contribution < -0.4 is 10.1 Å². The number of ether oxygens (including phenoxy) is 1. The first-order valence-corrected chi connectivity index (χ1v) is 7.89. The molecule has 1 aromatic carbocycles. The Labute approximate surface area is 116 Å². The van der Waals surface area contributed by atoms with E-state index in [0.29, 0.717) is 6.04 Å². The Hall–Kier alpha value is -0.670. The van der Waals surface area contributed by atoms with Crippen LogP contribution in [0, 0.1) is 0 Å². The molecule has 1 N–H and O–H groups in total. The minimum Gasteiger partial charge on any atom is -0.497 e. The summed E-state index contributed by atoms with van der Waals surface area (Å²) in [7, 11) is 1.71. The standard InChI is InChI=1S/C15H25NOS/c1-4-16-14(12-18-5-2)9-6-13-7-10-15(17-3)11-8-13/h7-8,10-11,14,16H,4-6,9,12H2,1-3H3. The first kappa shape index (κ1) is 15.4. The average Bonchev–Trinajstić information content (AvgIpc) is 2.42. The molecule has 0 radical (unpaired) electrons. The molecule has 2 nitrogen and oxygen atoms in total. The van der Waals surface area contributed by atoms with Crippen molar-refractivity contribution < 1.29 is 4.74 Å². The zero-order valence-corrected chi connectivity index (χ0v) is 12.6. The summed E-state index contributed by atoms with van der Waals surface area (Å²) in [5.74, 6) is 3.34. The maximum atomic E-state index is 5.17. The van der Waals surface area contributed by atoms with Gasteiger partial charge < -0.3 is 10.1 Å². The zero-order chi connectivity index (χ0) is 13.2. The maximum Gasteiger partial charge on any atom is 0.118 e. The number of rotatable bonds is 9. The molecule has 0 saturated heterocycles. The van der Waals surface area contributed by atoms with Crippen molar-refractivity contribution in [3.05, 3.63) is 29.8 Å². The Kier molecular flexibility index (Phi) is 7.94. The van der Waals surface area contributed by atoms with Gasteiger partial charge in [0.1, 0.15) is 5.75 Å². The number of hydrogen-bond donors (Lipinski definition) is 1. The zero-order valence-electron chi connectivity index (χ0n) is 11.7. The third kappa shape index (κ3) is 5.78. The summed E-state index contributed by atoms with van der Waals surface area (Å²) >= 11 is 2.01. The lowest BCUT2D eigenvalue weighted by Gasteiger charge is -2.17. The molecule has 3 heteroatoms. The van der Waals surface area contributed by atoms with Crippen LogP contribution in [-0.2, 0) is 6.42 Å². The van der Waals surface area contributed by atoms with Gasteiger partial charge in [-0.25, -0.2) is 0 Å². The molecule has 1 unspecified atom stereocenters. The number of thioether (sulfide) groups is 1. The van der Waals surface area contributed by atoms with E-state index >= 15 is 0 Å². The lowest BCUT2D eigenvalue weighted by atomic mass is 10.1. The van der Waals surface area contributed by atoms with Crippen LogP contribution in [0.5, 0.6) is 5.75 Å². The molecule has 1 rings (SSSR count). The van der Waals surface area contributed by atoms with Gasteiger partial charge in [-0.05, 0) is 42.8 Å². The van der Waals surface area contributed by atoms with E-state index in [1.165, 1.54) is 23.5 Å². The fourth-order valence-corrected chi connectivity index (χ4v) is 2.73. The van der Waals surface area contributed by atoms with E-state index in [2.05, 4.69) is 31.3 Å². The summed E-state index contributed by atoms with van der Waals surface area (Å²) in [6, 6.07) is 9.03. The quantitative estimate of drug-likeness (QED) is 0.741. The Morgan fingerprint density at radius 2 is 1.94 bits per heavy atom. The molecule has 1 aromatic rings. The second-order valence-electron chi connectivity index (χ2n) is 4.30. The van der Waals surface area contributed by atoms with E-state index in [0.717, 1.165) is 18.7 Å². The van der Waals surface area contributed by atoms with Crippen molar-refractivity contribution in [3.63, 3.8) is 0 Å². The molecule has 0 aliphatic carbocycles. The Bertz CT molecular complexity index is 313. The normalized spacial score (nSPS) is 12.4. The Morgan fingerprint density at radius 1 is 1.22 bits per heavy atom. The predicted octanol–water partition coefficient (Wildman–Crippen LogP) is 3.36. The minimum atomic E-state index is 0.627. The molecule has 1 atom stereocenters. The van der Waals surface area contributed by atoms with Crippen LogP contribution in [0.15, 0.2) is 24.3 Å². The van der Waals surface area contributed by atoms with Gasteiger partial charge in [0, 0.05) is 11.8 Å². The molecule has 0 aliphatic rings. The van der Waals surface area contributed by atoms with Crippen molar-refractivity contribution in [2.24, 2.45) is 0 Å². The smallest absolute Gasteiger partial charge is 0.118 e. The highest BCUT2D eigenvalue weighted by atomic mass is 32.2. The first-order valence-electron chi connectivity index (χ1n) is 6.74. The number of hydrogen-bond acceptors (Lipinski definition) is 3. The van der Waals surface area contributed by atoms with E-state index in [1.54, 1.807) is 7.11 Å². The van der Waals surface area contributed by atoms with Crippen molar-refractivity contribution in [1.29, 1.82) is 0 Å². The summed E-state index contributed by atoms with van der Waals surface area (Å²) in [4.78, 5) is 0. The van der Waals surface area contributed by atoms with Gasteiger partial charge in [0.15, 0.2) is 0 Å². The molecule has 102 valence electrons. The van der Waals surface area contributed by atoms with Crippen molar-refractivity contribution in [2.45, 2.75) is 32.7 Å². The topological polar surface area (TPSA) is 21.3 Å². The van der Waals surface area contributed by atoms with Crippen molar-refractivity contribution in [2.75, 3.05) is 25.2 Å². The second-order valence-corrected chi connectivity index (χ2v) is 5.62. The van der Waals surface area contributed by atoms with Crippen molar-refractivity contribution in [1.82, 2.24) is 5.32 Å². The van der Waals surface area contributed by atoms with Gasteiger partial charge in [0.25, 0.3) is 0 Å². The average molecular weight is 267 g/mol. The lowest BCUT2D eigenvalue weighted by molar-refractivity contribution is 0.414. The summed E-state index contributed by atoms with van der Waals surface area (Å²) < 4.78 is 5.17. The van der Waals surface area contributed by atoms with Gasteiger partial charge in [0.05, 0.1) is 7.11 Å². The Balaban J connectivity index is 2.39. The third-order valence-electron chi connectivity index (χ3n) is 2.96. The SMILES string of the molecule is CCNC(CCc1ccc(OC)cc1)CSCC. The van der Waals surface area contributed by atoms with Crippen LogP contribution in [-0.4, -0.2) is 31.2 Å². The first-order chi connectivity index (χ1) is 8.80. The van der Waals surface area contributed by atoms with Crippen LogP contribution in [0.2, 0.25) is 0 Å². The van der Waals surface area contributed by atoms with Gasteiger partial charge in [-0.1, -0.05) is 26.0 Å². The fourth-order valence-electron chi connectivity index (χ4n) is 1.93. The number of nitrogens with one attached hydrogen (secondary N) is 1. The highest BCUT2D eigenvalue weighted by Gasteiger charge is 2.07. The highest BCUT2D eigenvalue weighted by molar-refractivity contribution is 7.99. The van der Waals surface area contributed by atoms with Crippen LogP contribution in [0.25, 0.3) is 0 Å². The molecule has 18 heavy (non-hydrogen) atoms. The fraction of sp³-hybridized carbons (Fsp3) is 0.600. The molecule has 0 saturated carbocycles. The molecule has 0 spiro atoms. The largest absolute Gasteiger partial charge is 0.497 e. The number of aryl methyl sites for hydroxylation is 1. The van der Waals surface area contributed by atoms with Gasteiger partial charge in [-0.3, -0.25) is 0 Å². The molecule has 0 aromatic heterocycles. The van der Waals surface area contributed by atoms with E-state index < -0.39 is 0 Å². The number of benzene rings is 1. The van der Waals surface area contributed by atoms with E-state index in [4.69, 9.17) is 4.74 Å². The van der Waals surface area contributed by atoms with E-state index in [9.17, 15) is 0 Å². The van der Waals surface area contributed by atoms with Gasteiger partial charge in [-0.2, -0.15) is 11.8 Å². The summed E-state index contributed by atoms with van der Waals surface area (Å²) in [6.45, 7) is 5.45. The summed E-state index contributed by atoms with van der Waals surface area (Å²) in [5, 5.41) is 3.56. The van der Waals surface area contributed by atoms with Gasteiger partial charge in [0.2, 0.25) is 0 Å². The molecule has 0 heterocycles. The minimum absolute atomic E-state index is 0.627. The summed E-state index contributed by atoms with van der Waals surface area (Å²) in [5.41, 5.74) is 1.39.